The molecule has 0 atom stereocenters. The fourth-order valence-corrected chi connectivity index (χ4v) is 1.67. The molecule has 2 rings (SSSR count). The quantitative estimate of drug-likeness (QED) is 0.760. The average Bonchev–Trinajstić information content (AvgIpc) is 2.34. The summed E-state index contributed by atoms with van der Waals surface area (Å²) < 4.78 is 5.68. The predicted molar refractivity (Wildman–Crippen MR) is 70.1 cm³/mol. The molecular formula is C13H11Cl2NO. The van der Waals surface area contributed by atoms with Crippen LogP contribution in [0.5, 0.6) is 11.5 Å². The van der Waals surface area contributed by atoms with E-state index in [1.54, 1.807) is 12.4 Å². The van der Waals surface area contributed by atoms with Crippen molar-refractivity contribution in [2.75, 3.05) is 0 Å². The number of ether oxygens (including phenoxy) is 1. The number of hydrogen-bond acceptors (Lipinski definition) is 2. The van der Waals surface area contributed by atoms with Gasteiger partial charge in [-0.3, -0.25) is 4.98 Å². The predicted octanol–water partition coefficient (Wildman–Crippen LogP) is 4.57. The summed E-state index contributed by atoms with van der Waals surface area (Å²) in [6.07, 6.45) is 3.37. The second-order valence-corrected chi connectivity index (χ2v) is 4.35. The number of pyridine rings is 1. The second kappa shape index (κ2) is 5.39. The van der Waals surface area contributed by atoms with E-state index < -0.39 is 0 Å². The summed E-state index contributed by atoms with van der Waals surface area (Å²) in [5.41, 5.74) is 1.90. The maximum absolute atomic E-state index is 5.95. The lowest BCUT2D eigenvalue weighted by molar-refractivity contribution is 0.479. The molecule has 1 heterocycles. The smallest absolute Gasteiger partial charge is 0.146 e. The third kappa shape index (κ3) is 3.11. The van der Waals surface area contributed by atoms with Crippen LogP contribution in [0.2, 0.25) is 5.02 Å². The van der Waals surface area contributed by atoms with E-state index in [2.05, 4.69) is 4.98 Å². The lowest BCUT2D eigenvalue weighted by Crippen LogP contribution is -1.88. The first-order chi connectivity index (χ1) is 8.19. The molecule has 0 aliphatic heterocycles. The number of hydrogen-bond donors (Lipinski definition) is 0. The molecule has 2 nitrogen and oxygen atoms in total. The number of aromatic nitrogens is 1. The van der Waals surface area contributed by atoms with Crippen molar-refractivity contribution in [1.82, 2.24) is 4.98 Å². The maximum atomic E-state index is 5.95. The minimum absolute atomic E-state index is 0.420. The van der Waals surface area contributed by atoms with Gasteiger partial charge < -0.3 is 4.74 Å². The van der Waals surface area contributed by atoms with Gasteiger partial charge in [-0.15, -0.1) is 11.6 Å². The molecule has 2 aromatic rings. The summed E-state index contributed by atoms with van der Waals surface area (Å²) in [4.78, 5) is 4.06. The highest BCUT2D eigenvalue weighted by atomic mass is 35.5. The molecule has 17 heavy (non-hydrogen) atoms. The Hall–Kier alpha value is -1.25. The lowest BCUT2D eigenvalue weighted by Gasteiger charge is -2.07. The summed E-state index contributed by atoms with van der Waals surface area (Å²) >= 11 is 11.7. The van der Waals surface area contributed by atoms with E-state index in [9.17, 15) is 0 Å². The molecule has 0 aliphatic carbocycles. The van der Waals surface area contributed by atoms with Gasteiger partial charge in [0.1, 0.15) is 11.5 Å². The highest BCUT2D eigenvalue weighted by Gasteiger charge is 2.01. The largest absolute Gasteiger partial charge is 0.456 e. The Bertz CT molecular complexity index is 529. The lowest BCUT2D eigenvalue weighted by atomic mass is 10.2. The van der Waals surface area contributed by atoms with Gasteiger partial charge in [0.15, 0.2) is 0 Å². The minimum atomic E-state index is 0.420. The molecule has 0 bridgehead atoms. The standard InChI is InChI=1S/C13H11Cl2NO/c1-9-4-11(2-3-13(9)15)17-12-5-10(6-14)7-16-8-12/h2-5,7-8H,6H2,1H3. The first kappa shape index (κ1) is 12.2. The first-order valence-electron chi connectivity index (χ1n) is 5.13. The van der Waals surface area contributed by atoms with Crippen LogP contribution >= 0.6 is 23.2 Å². The van der Waals surface area contributed by atoms with Gasteiger partial charge in [0.2, 0.25) is 0 Å². The normalized spacial score (nSPS) is 10.3. The third-order valence-corrected chi connectivity index (χ3v) is 3.02. The molecule has 0 aliphatic rings. The fourth-order valence-electron chi connectivity index (χ4n) is 1.41. The number of nitrogens with zero attached hydrogens (tertiary/aromatic N) is 1. The molecule has 4 heteroatoms. The van der Waals surface area contributed by atoms with Crippen molar-refractivity contribution in [3.8, 4) is 11.5 Å². The molecule has 0 radical (unpaired) electrons. The van der Waals surface area contributed by atoms with Gasteiger partial charge in [0.25, 0.3) is 0 Å². The molecule has 0 amide bonds. The maximum Gasteiger partial charge on any atom is 0.146 e. The van der Waals surface area contributed by atoms with Crippen molar-refractivity contribution in [3.05, 3.63) is 52.8 Å². The molecule has 0 fully saturated rings. The zero-order valence-corrected chi connectivity index (χ0v) is 10.8. The number of alkyl halides is 1. The Morgan fingerprint density at radius 1 is 1.18 bits per heavy atom. The first-order valence-corrected chi connectivity index (χ1v) is 6.04. The van der Waals surface area contributed by atoms with Crippen LogP contribution in [0.25, 0.3) is 0 Å². The van der Waals surface area contributed by atoms with Gasteiger partial charge in [-0.2, -0.15) is 0 Å². The molecule has 0 unspecified atom stereocenters. The summed E-state index contributed by atoms with van der Waals surface area (Å²) in [5, 5.41) is 0.727. The van der Waals surface area contributed by atoms with Crippen molar-refractivity contribution in [2.45, 2.75) is 12.8 Å². The van der Waals surface area contributed by atoms with Crippen molar-refractivity contribution < 1.29 is 4.74 Å². The van der Waals surface area contributed by atoms with Crippen molar-refractivity contribution >= 4 is 23.2 Å². The van der Waals surface area contributed by atoms with Crippen LogP contribution in [0, 0.1) is 6.92 Å². The Labute approximate surface area is 110 Å². The SMILES string of the molecule is Cc1cc(Oc2cncc(CCl)c2)ccc1Cl. The van der Waals surface area contributed by atoms with E-state index in [0.29, 0.717) is 11.6 Å². The van der Waals surface area contributed by atoms with E-state index >= 15 is 0 Å². The summed E-state index contributed by atoms with van der Waals surface area (Å²) in [6.45, 7) is 1.93. The highest BCUT2D eigenvalue weighted by molar-refractivity contribution is 6.31. The molecule has 0 N–H and O–H groups in total. The number of halogens is 2. The van der Waals surface area contributed by atoms with Crippen LogP contribution in [0.4, 0.5) is 0 Å². The van der Waals surface area contributed by atoms with Crippen LogP contribution in [0.1, 0.15) is 11.1 Å². The minimum Gasteiger partial charge on any atom is -0.456 e. The van der Waals surface area contributed by atoms with E-state index in [1.807, 2.05) is 31.2 Å². The second-order valence-electron chi connectivity index (χ2n) is 3.68. The number of rotatable bonds is 3. The molecular weight excluding hydrogens is 257 g/mol. The summed E-state index contributed by atoms with van der Waals surface area (Å²) in [7, 11) is 0. The highest BCUT2D eigenvalue weighted by Crippen LogP contribution is 2.26. The van der Waals surface area contributed by atoms with E-state index in [1.165, 1.54) is 0 Å². The van der Waals surface area contributed by atoms with Crippen molar-refractivity contribution in [1.29, 1.82) is 0 Å². The number of aryl methyl sites for hydroxylation is 1. The number of benzene rings is 1. The van der Waals surface area contributed by atoms with Gasteiger partial charge in [0.05, 0.1) is 6.20 Å². The molecule has 0 saturated carbocycles. The van der Waals surface area contributed by atoms with Gasteiger partial charge in [-0.05, 0) is 42.3 Å². The Morgan fingerprint density at radius 2 is 2.00 bits per heavy atom. The molecule has 1 aromatic heterocycles. The molecule has 88 valence electrons. The van der Waals surface area contributed by atoms with Crippen LogP contribution in [0.15, 0.2) is 36.7 Å². The molecule has 0 saturated heterocycles. The average molecular weight is 268 g/mol. The van der Waals surface area contributed by atoms with Crippen LogP contribution in [0.3, 0.4) is 0 Å². The van der Waals surface area contributed by atoms with E-state index in [-0.39, 0.29) is 0 Å². The Balaban J connectivity index is 2.22. The monoisotopic (exact) mass is 267 g/mol. The van der Waals surface area contributed by atoms with E-state index in [4.69, 9.17) is 27.9 Å². The molecule has 1 aromatic carbocycles. The fraction of sp³-hybridized carbons (Fsp3) is 0.154. The topological polar surface area (TPSA) is 22.1 Å². The van der Waals surface area contributed by atoms with E-state index in [0.717, 1.165) is 21.9 Å². The van der Waals surface area contributed by atoms with Gasteiger partial charge in [-0.1, -0.05) is 11.6 Å². The summed E-state index contributed by atoms with van der Waals surface area (Å²) in [5.74, 6) is 1.83. The third-order valence-electron chi connectivity index (χ3n) is 2.29. The Morgan fingerprint density at radius 3 is 2.71 bits per heavy atom. The zero-order chi connectivity index (χ0) is 12.3. The Kier molecular flexibility index (Phi) is 3.87. The molecule has 0 spiro atoms. The van der Waals surface area contributed by atoms with Crippen molar-refractivity contribution in [3.63, 3.8) is 0 Å². The van der Waals surface area contributed by atoms with Crippen molar-refractivity contribution in [2.24, 2.45) is 0 Å². The summed E-state index contributed by atoms with van der Waals surface area (Å²) in [6, 6.07) is 7.38. The van der Waals surface area contributed by atoms with Gasteiger partial charge in [-0.25, -0.2) is 0 Å². The van der Waals surface area contributed by atoms with Crippen LogP contribution in [-0.2, 0) is 5.88 Å². The van der Waals surface area contributed by atoms with Crippen LogP contribution < -0.4 is 4.74 Å². The van der Waals surface area contributed by atoms with Crippen LogP contribution in [-0.4, -0.2) is 4.98 Å². The zero-order valence-electron chi connectivity index (χ0n) is 9.28. The van der Waals surface area contributed by atoms with Gasteiger partial charge in [0, 0.05) is 17.1 Å². The van der Waals surface area contributed by atoms with Gasteiger partial charge >= 0.3 is 0 Å².